The van der Waals surface area contributed by atoms with Crippen LogP contribution in [0, 0.1) is 12.8 Å². The first-order valence-electron chi connectivity index (χ1n) is 7.66. The van der Waals surface area contributed by atoms with Crippen molar-refractivity contribution in [2.75, 3.05) is 6.26 Å². The van der Waals surface area contributed by atoms with Crippen LogP contribution >= 0.6 is 0 Å². The third-order valence-corrected chi connectivity index (χ3v) is 4.07. The minimum Gasteiger partial charge on any atom is -0.216 e. The highest BCUT2D eigenvalue weighted by Crippen LogP contribution is 2.19. The van der Waals surface area contributed by atoms with Crippen LogP contribution in [0.25, 0.3) is 5.69 Å². The van der Waals surface area contributed by atoms with Gasteiger partial charge in [0.15, 0.2) is 5.82 Å². The summed E-state index contributed by atoms with van der Waals surface area (Å²) in [5.41, 5.74) is 1.99. The molecule has 0 bridgehead atoms. The van der Waals surface area contributed by atoms with Gasteiger partial charge in [0.05, 0.1) is 18.0 Å². The van der Waals surface area contributed by atoms with Crippen molar-refractivity contribution in [1.29, 1.82) is 0 Å². The van der Waals surface area contributed by atoms with E-state index in [1.54, 1.807) is 11.6 Å². The molecule has 0 spiro atoms. The highest BCUT2D eigenvalue weighted by atomic mass is 32.2. The number of sulfonamides is 1. The van der Waals surface area contributed by atoms with E-state index in [1.807, 2.05) is 31.2 Å². The van der Waals surface area contributed by atoms with Crippen LogP contribution in [0.2, 0.25) is 0 Å². The Morgan fingerprint density at radius 2 is 1.96 bits per heavy atom. The summed E-state index contributed by atoms with van der Waals surface area (Å²) in [4.78, 5) is 4.57. The second-order valence-corrected chi connectivity index (χ2v) is 8.13. The predicted octanol–water partition coefficient (Wildman–Crippen LogP) is 2.38. The molecule has 6 nitrogen and oxygen atoms in total. The summed E-state index contributed by atoms with van der Waals surface area (Å²) in [7, 11) is -3.32. The lowest BCUT2D eigenvalue weighted by molar-refractivity contribution is 0.560. The average Bonchev–Trinajstić information content (AvgIpc) is 2.80. The molecule has 0 radical (unpaired) electrons. The molecule has 1 N–H and O–H groups in total. The van der Waals surface area contributed by atoms with Gasteiger partial charge in [0.25, 0.3) is 0 Å². The molecule has 1 atom stereocenters. The number of nitrogens with one attached hydrogen (secondary N) is 1. The average molecular weight is 336 g/mol. The van der Waals surface area contributed by atoms with Crippen LogP contribution in [0.1, 0.15) is 44.0 Å². The molecule has 2 aromatic rings. The van der Waals surface area contributed by atoms with E-state index in [4.69, 9.17) is 0 Å². The first-order valence-corrected chi connectivity index (χ1v) is 9.55. The fraction of sp³-hybridized carbons (Fsp3) is 0.500. The molecule has 1 unspecified atom stereocenters. The van der Waals surface area contributed by atoms with E-state index in [9.17, 15) is 8.42 Å². The van der Waals surface area contributed by atoms with Crippen LogP contribution in [0.5, 0.6) is 0 Å². The second kappa shape index (κ2) is 6.80. The minimum atomic E-state index is -3.32. The molecule has 1 aromatic heterocycles. The van der Waals surface area contributed by atoms with E-state index >= 15 is 0 Å². The van der Waals surface area contributed by atoms with Crippen molar-refractivity contribution in [3.8, 4) is 5.69 Å². The Morgan fingerprint density at radius 3 is 2.52 bits per heavy atom. The zero-order valence-corrected chi connectivity index (χ0v) is 15.1. The fourth-order valence-corrected chi connectivity index (χ4v) is 3.17. The van der Waals surface area contributed by atoms with Gasteiger partial charge in [-0.15, -0.1) is 0 Å². The SMILES string of the molecule is Cc1cccc(-n2nc(CC(C)C)nc2C(C)NS(C)(=O)=O)c1. The van der Waals surface area contributed by atoms with Gasteiger partial charge < -0.3 is 0 Å². The molecule has 0 aliphatic rings. The topological polar surface area (TPSA) is 76.9 Å². The Bertz CT molecular complexity index is 781. The van der Waals surface area contributed by atoms with Crippen LogP contribution in [-0.2, 0) is 16.4 Å². The largest absolute Gasteiger partial charge is 0.216 e. The van der Waals surface area contributed by atoms with Gasteiger partial charge in [0.2, 0.25) is 10.0 Å². The minimum absolute atomic E-state index is 0.425. The Morgan fingerprint density at radius 1 is 1.26 bits per heavy atom. The summed E-state index contributed by atoms with van der Waals surface area (Å²) in [6, 6.07) is 7.45. The van der Waals surface area contributed by atoms with Gasteiger partial charge in [-0.2, -0.15) is 5.10 Å². The van der Waals surface area contributed by atoms with Crippen molar-refractivity contribution in [1.82, 2.24) is 19.5 Å². The molecule has 0 amide bonds. The number of aryl methyl sites for hydroxylation is 1. The monoisotopic (exact) mass is 336 g/mol. The van der Waals surface area contributed by atoms with Crippen LogP contribution in [0.4, 0.5) is 0 Å². The maximum absolute atomic E-state index is 11.5. The van der Waals surface area contributed by atoms with E-state index in [1.165, 1.54) is 0 Å². The first kappa shape index (κ1) is 17.6. The highest BCUT2D eigenvalue weighted by Gasteiger charge is 2.20. The van der Waals surface area contributed by atoms with E-state index in [0.717, 1.165) is 29.8 Å². The van der Waals surface area contributed by atoms with Crippen molar-refractivity contribution in [3.63, 3.8) is 0 Å². The van der Waals surface area contributed by atoms with Gasteiger partial charge >= 0.3 is 0 Å². The highest BCUT2D eigenvalue weighted by molar-refractivity contribution is 7.88. The smallest absolute Gasteiger partial charge is 0.209 e. The molecular weight excluding hydrogens is 312 g/mol. The van der Waals surface area contributed by atoms with Gasteiger partial charge in [-0.25, -0.2) is 22.8 Å². The number of hydrogen-bond donors (Lipinski definition) is 1. The number of hydrogen-bond acceptors (Lipinski definition) is 4. The quantitative estimate of drug-likeness (QED) is 0.878. The molecule has 23 heavy (non-hydrogen) atoms. The first-order chi connectivity index (χ1) is 10.7. The molecule has 0 aliphatic heterocycles. The van der Waals surface area contributed by atoms with E-state index in [2.05, 4.69) is 28.7 Å². The van der Waals surface area contributed by atoms with Crippen molar-refractivity contribution >= 4 is 10.0 Å². The van der Waals surface area contributed by atoms with Crippen molar-refractivity contribution in [2.24, 2.45) is 5.92 Å². The normalized spacial score (nSPS) is 13.5. The number of rotatable bonds is 6. The molecule has 126 valence electrons. The Labute approximate surface area is 138 Å². The Hall–Kier alpha value is -1.73. The van der Waals surface area contributed by atoms with Gasteiger partial charge in [-0.05, 0) is 37.5 Å². The van der Waals surface area contributed by atoms with Crippen LogP contribution in [-0.4, -0.2) is 29.4 Å². The fourth-order valence-electron chi connectivity index (χ4n) is 2.42. The van der Waals surface area contributed by atoms with Crippen molar-refractivity contribution in [2.45, 2.75) is 40.2 Å². The van der Waals surface area contributed by atoms with Gasteiger partial charge in [-0.3, -0.25) is 0 Å². The molecule has 0 aliphatic carbocycles. The van der Waals surface area contributed by atoms with Gasteiger partial charge in [-0.1, -0.05) is 26.0 Å². The molecule has 1 aromatic carbocycles. The van der Waals surface area contributed by atoms with Crippen LogP contribution < -0.4 is 4.72 Å². The van der Waals surface area contributed by atoms with Gasteiger partial charge in [0.1, 0.15) is 5.82 Å². The predicted molar refractivity (Wildman–Crippen MR) is 91.0 cm³/mol. The zero-order chi connectivity index (χ0) is 17.2. The summed E-state index contributed by atoms with van der Waals surface area (Å²) in [6.07, 6.45) is 1.89. The second-order valence-electron chi connectivity index (χ2n) is 6.35. The van der Waals surface area contributed by atoms with E-state index < -0.39 is 16.1 Å². The van der Waals surface area contributed by atoms with Crippen LogP contribution in [0.3, 0.4) is 0 Å². The lowest BCUT2D eigenvalue weighted by Crippen LogP contribution is -2.27. The van der Waals surface area contributed by atoms with Crippen molar-refractivity contribution < 1.29 is 8.42 Å². The van der Waals surface area contributed by atoms with Crippen molar-refractivity contribution in [3.05, 3.63) is 41.5 Å². The number of benzene rings is 1. The number of nitrogens with zero attached hydrogens (tertiary/aromatic N) is 3. The van der Waals surface area contributed by atoms with Crippen LogP contribution in [0.15, 0.2) is 24.3 Å². The Balaban J connectivity index is 2.48. The Kier molecular flexibility index (Phi) is 5.21. The summed E-state index contributed by atoms with van der Waals surface area (Å²) < 4.78 is 27.4. The summed E-state index contributed by atoms with van der Waals surface area (Å²) in [5, 5.41) is 4.58. The molecule has 0 saturated carbocycles. The van der Waals surface area contributed by atoms with E-state index in [0.29, 0.717) is 11.7 Å². The number of aromatic nitrogens is 3. The summed E-state index contributed by atoms with van der Waals surface area (Å²) in [5.74, 6) is 1.74. The molecule has 0 saturated heterocycles. The van der Waals surface area contributed by atoms with E-state index in [-0.39, 0.29) is 0 Å². The molecule has 1 heterocycles. The molecule has 7 heteroatoms. The van der Waals surface area contributed by atoms with Gasteiger partial charge in [0, 0.05) is 6.42 Å². The third-order valence-electron chi connectivity index (χ3n) is 3.29. The maximum atomic E-state index is 11.5. The summed E-state index contributed by atoms with van der Waals surface area (Å²) >= 11 is 0. The third kappa shape index (κ3) is 4.87. The zero-order valence-electron chi connectivity index (χ0n) is 14.2. The molecule has 2 rings (SSSR count). The lowest BCUT2D eigenvalue weighted by atomic mass is 10.1. The lowest BCUT2D eigenvalue weighted by Gasteiger charge is -2.13. The molecule has 0 fully saturated rings. The maximum Gasteiger partial charge on any atom is 0.209 e. The molecular formula is C16H24N4O2S. The summed E-state index contributed by atoms with van der Waals surface area (Å²) in [6.45, 7) is 7.99. The standard InChI is InChI=1S/C16H24N4O2S/c1-11(2)9-15-17-16(13(4)19-23(5,21)22)20(18-15)14-8-6-7-12(3)10-14/h6-8,10-11,13,19H,9H2,1-5H3.